The van der Waals surface area contributed by atoms with Crippen LogP contribution >= 0.6 is 0 Å². The second-order valence-corrected chi connectivity index (χ2v) is 4.93. The van der Waals surface area contributed by atoms with Crippen molar-refractivity contribution in [2.45, 2.75) is 13.5 Å². The second kappa shape index (κ2) is 11.4. The van der Waals surface area contributed by atoms with Gasteiger partial charge in [-0.1, -0.05) is 12.1 Å². The van der Waals surface area contributed by atoms with Crippen LogP contribution in [-0.4, -0.2) is 51.2 Å². The topological polar surface area (TPSA) is 103 Å². The Labute approximate surface area is 154 Å². The molecule has 27 heavy (non-hydrogen) atoms. The first-order valence-corrected chi connectivity index (χ1v) is 7.87. The van der Waals surface area contributed by atoms with Crippen molar-refractivity contribution >= 4 is 23.9 Å². The van der Waals surface area contributed by atoms with Crippen LogP contribution in [0.3, 0.4) is 0 Å². The van der Waals surface area contributed by atoms with E-state index in [-0.39, 0.29) is 29.5 Å². The summed E-state index contributed by atoms with van der Waals surface area (Å²) in [6, 6.07) is 4.38. The Morgan fingerprint density at radius 1 is 1.19 bits per heavy atom. The number of benzene rings is 1. The summed E-state index contributed by atoms with van der Waals surface area (Å²) in [6.45, 7) is -1.75. The molecule has 0 atom stereocenters. The molecule has 1 rings (SSSR count). The van der Waals surface area contributed by atoms with E-state index in [1.165, 1.54) is 31.4 Å². The van der Waals surface area contributed by atoms with Crippen LogP contribution < -0.4 is 20.1 Å². The van der Waals surface area contributed by atoms with Crippen LogP contribution in [0.15, 0.2) is 24.3 Å². The fourth-order valence-electron chi connectivity index (χ4n) is 1.87. The summed E-state index contributed by atoms with van der Waals surface area (Å²) in [6.07, 6.45) is 2.14. The van der Waals surface area contributed by atoms with Gasteiger partial charge < -0.3 is 24.8 Å². The molecular weight excluding hydrogens is 366 g/mol. The van der Waals surface area contributed by atoms with Gasteiger partial charge in [0.05, 0.1) is 13.7 Å². The predicted octanol–water partition coefficient (Wildman–Crippen LogP) is 1.11. The summed E-state index contributed by atoms with van der Waals surface area (Å²) >= 11 is 0. The van der Waals surface area contributed by atoms with Gasteiger partial charge in [0.15, 0.2) is 18.1 Å². The maximum atomic E-state index is 12.5. The molecule has 2 amide bonds. The third-order valence-corrected chi connectivity index (χ3v) is 3.00. The van der Waals surface area contributed by atoms with Crippen molar-refractivity contribution in [2.75, 3.05) is 26.8 Å². The molecule has 0 radical (unpaired) electrons. The minimum absolute atomic E-state index is 0.0653. The zero-order valence-electron chi connectivity index (χ0n) is 14.8. The van der Waals surface area contributed by atoms with Crippen molar-refractivity contribution in [2.24, 2.45) is 0 Å². The van der Waals surface area contributed by atoms with Crippen LogP contribution in [0.1, 0.15) is 12.5 Å². The highest BCUT2D eigenvalue weighted by molar-refractivity contribution is 5.90. The smallest absolute Gasteiger partial charge is 0.387 e. The minimum Gasteiger partial charge on any atom is -0.493 e. The highest BCUT2D eigenvalue weighted by Gasteiger charge is 2.14. The molecule has 0 aliphatic rings. The molecular formula is C17H20F2N2O6. The molecule has 1 aromatic carbocycles. The van der Waals surface area contributed by atoms with Gasteiger partial charge in [0.1, 0.15) is 0 Å². The molecule has 10 heteroatoms. The summed E-state index contributed by atoms with van der Waals surface area (Å²) < 4.78 is 39.1. The Morgan fingerprint density at radius 3 is 2.56 bits per heavy atom. The molecule has 8 nitrogen and oxygen atoms in total. The Balaban J connectivity index is 2.60. The van der Waals surface area contributed by atoms with Crippen molar-refractivity contribution in [3.05, 3.63) is 29.8 Å². The maximum Gasteiger partial charge on any atom is 0.387 e. The van der Waals surface area contributed by atoms with Gasteiger partial charge in [-0.25, -0.2) is 4.79 Å². The van der Waals surface area contributed by atoms with Gasteiger partial charge in [-0.05, 0) is 19.1 Å². The number of nitrogens with one attached hydrogen (secondary N) is 2. The molecule has 0 spiro atoms. The Bertz CT molecular complexity index is 694. The summed E-state index contributed by atoms with van der Waals surface area (Å²) in [7, 11) is 1.29. The lowest BCUT2D eigenvalue weighted by atomic mass is 10.1. The third-order valence-electron chi connectivity index (χ3n) is 3.00. The first-order chi connectivity index (χ1) is 12.9. The Hall–Kier alpha value is -3.17. The van der Waals surface area contributed by atoms with Crippen molar-refractivity contribution in [1.29, 1.82) is 0 Å². The van der Waals surface area contributed by atoms with Crippen molar-refractivity contribution < 1.29 is 37.4 Å². The van der Waals surface area contributed by atoms with Crippen LogP contribution in [-0.2, 0) is 19.1 Å². The van der Waals surface area contributed by atoms with Crippen molar-refractivity contribution in [3.8, 4) is 11.5 Å². The van der Waals surface area contributed by atoms with E-state index in [2.05, 4.69) is 15.4 Å². The van der Waals surface area contributed by atoms with Crippen LogP contribution in [0, 0.1) is 0 Å². The number of amides is 2. The number of esters is 1. The predicted molar refractivity (Wildman–Crippen MR) is 91.3 cm³/mol. The number of likely N-dealkylation sites (N-methyl/N-ethyl adjacent to an activating group) is 1. The lowest BCUT2D eigenvalue weighted by molar-refractivity contribution is -0.143. The van der Waals surface area contributed by atoms with Gasteiger partial charge in [0.25, 0.3) is 5.91 Å². The van der Waals surface area contributed by atoms with E-state index in [1.807, 2.05) is 0 Å². The average molecular weight is 386 g/mol. The Kier molecular flexibility index (Phi) is 9.27. The van der Waals surface area contributed by atoms with Crippen LogP contribution in [0.25, 0.3) is 6.08 Å². The van der Waals surface area contributed by atoms with E-state index >= 15 is 0 Å². The number of methoxy groups -OCH3 is 1. The largest absolute Gasteiger partial charge is 0.493 e. The highest BCUT2D eigenvalue weighted by atomic mass is 19.3. The highest BCUT2D eigenvalue weighted by Crippen LogP contribution is 2.33. The molecule has 1 aromatic rings. The second-order valence-electron chi connectivity index (χ2n) is 4.93. The van der Waals surface area contributed by atoms with Crippen molar-refractivity contribution in [3.63, 3.8) is 0 Å². The first-order valence-electron chi connectivity index (χ1n) is 7.87. The van der Waals surface area contributed by atoms with E-state index in [0.29, 0.717) is 6.54 Å². The zero-order valence-corrected chi connectivity index (χ0v) is 14.8. The van der Waals surface area contributed by atoms with Gasteiger partial charge in [0, 0.05) is 18.2 Å². The van der Waals surface area contributed by atoms with Crippen LogP contribution in [0.2, 0.25) is 0 Å². The van der Waals surface area contributed by atoms with Gasteiger partial charge in [-0.15, -0.1) is 0 Å². The number of carbonyl (C=O) groups is 3. The van der Waals surface area contributed by atoms with Gasteiger partial charge in [-0.2, -0.15) is 8.78 Å². The summed E-state index contributed by atoms with van der Waals surface area (Å²) in [4.78, 5) is 34.3. The molecule has 148 valence electrons. The lowest BCUT2D eigenvalue weighted by Crippen LogP contribution is -2.38. The fraction of sp³-hybridized carbons (Fsp3) is 0.353. The van der Waals surface area contributed by atoms with Crippen LogP contribution in [0.4, 0.5) is 8.78 Å². The number of ether oxygens (including phenoxy) is 3. The molecule has 0 heterocycles. The molecule has 0 unspecified atom stereocenters. The lowest BCUT2D eigenvalue weighted by Gasteiger charge is -2.12. The molecule has 0 saturated heterocycles. The van der Waals surface area contributed by atoms with E-state index < -0.39 is 25.1 Å². The summed E-state index contributed by atoms with van der Waals surface area (Å²) in [5.74, 6) is -2.09. The maximum absolute atomic E-state index is 12.5. The van der Waals surface area contributed by atoms with E-state index in [4.69, 9.17) is 9.47 Å². The fourth-order valence-corrected chi connectivity index (χ4v) is 1.87. The summed E-state index contributed by atoms with van der Waals surface area (Å²) in [5, 5.41) is 4.75. The molecule has 0 aromatic heterocycles. The molecule has 2 N–H and O–H groups in total. The first kappa shape index (κ1) is 21.9. The van der Waals surface area contributed by atoms with E-state index in [0.717, 1.165) is 6.08 Å². The molecule has 0 aliphatic carbocycles. The molecule has 0 fully saturated rings. The monoisotopic (exact) mass is 386 g/mol. The number of hydrogen-bond donors (Lipinski definition) is 2. The van der Waals surface area contributed by atoms with E-state index in [1.54, 1.807) is 6.92 Å². The minimum atomic E-state index is -3.07. The SMILES string of the molecule is CCNC(=O)CNC(=O)COC(=O)/C=C/c1cccc(OC)c1OC(F)F. The van der Waals surface area contributed by atoms with E-state index in [9.17, 15) is 23.2 Å². The molecule has 0 bridgehead atoms. The van der Waals surface area contributed by atoms with Gasteiger partial charge in [-0.3, -0.25) is 9.59 Å². The number of halogens is 2. The number of carbonyl (C=O) groups excluding carboxylic acids is 3. The number of para-hydroxylation sites is 1. The van der Waals surface area contributed by atoms with Gasteiger partial charge >= 0.3 is 12.6 Å². The zero-order chi connectivity index (χ0) is 20.2. The van der Waals surface area contributed by atoms with Crippen molar-refractivity contribution in [1.82, 2.24) is 10.6 Å². The molecule has 0 aliphatic heterocycles. The Morgan fingerprint density at radius 2 is 1.93 bits per heavy atom. The third kappa shape index (κ3) is 8.17. The standard InChI is InChI=1S/C17H20F2N2O6/c1-3-20-13(22)9-21-14(23)10-26-15(24)8-7-11-5-4-6-12(25-2)16(11)27-17(18)19/h4-8,17H,3,9-10H2,1-2H3,(H,20,22)(H,21,23)/b8-7+. The summed E-state index contributed by atoms with van der Waals surface area (Å²) in [5.41, 5.74) is 0.160. The molecule has 0 saturated carbocycles. The number of hydrogen-bond acceptors (Lipinski definition) is 6. The quantitative estimate of drug-likeness (QED) is 0.461. The number of alkyl halides is 2. The number of rotatable bonds is 10. The average Bonchev–Trinajstić information content (AvgIpc) is 2.63. The van der Waals surface area contributed by atoms with Gasteiger partial charge in [0.2, 0.25) is 5.91 Å². The normalized spacial score (nSPS) is 10.6. The van der Waals surface area contributed by atoms with Crippen LogP contribution in [0.5, 0.6) is 11.5 Å².